The van der Waals surface area contributed by atoms with Gasteiger partial charge in [-0.25, -0.2) is 0 Å². The van der Waals surface area contributed by atoms with Crippen LogP contribution in [0.2, 0.25) is 0 Å². The number of aliphatic hydroxyl groups excluding tert-OH is 1. The van der Waals surface area contributed by atoms with Crippen molar-refractivity contribution in [2.75, 3.05) is 6.54 Å². The highest BCUT2D eigenvalue weighted by Gasteiger charge is 2.21. The number of aliphatic carboxylic acids is 1. The van der Waals surface area contributed by atoms with Crippen LogP contribution in [-0.2, 0) is 4.79 Å². The van der Waals surface area contributed by atoms with Crippen LogP contribution in [0.25, 0.3) is 0 Å². The predicted octanol–water partition coefficient (Wildman–Crippen LogP) is 1.91. The van der Waals surface area contributed by atoms with Gasteiger partial charge in [-0.05, 0) is 32.2 Å². The summed E-state index contributed by atoms with van der Waals surface area (Å²) in [6, 6.07) is 0.280. The molecule has 100 valence electrons. The Balaban J connectivity index is 1.91. The van der Waals surface area contributed by atoms with E-state index in [9.17, 15) is 9.90 Å². The first kappa shape index (κ1) is 14.5. The molecule has 1 saturated carbocycles. The van der Waals surface area contributed by atoms with Crippen molar-refractivity contribution in [3.05, 3.63) is 0 Å². The first-order valence-electron chi connectivity index (χ1n) is 6.83. The monoisotopic (exact) mass is 243 g/mol. The minimum atomic E-state index is -0.701. The topological polar surface area (TPSA) is 69.6 Å². The zero-order valence-electron chi connectivity index (χ0n) is 10.5. The average molecular weight is 243 g/mol. The van der Waals surface area contributed by atoms with Crippen LogP contribution in [0.15, 0.2) is 0 Å². The highest BCUT2D eigenvalue weighted by Crippen LogP contribution is 2.18. The summed E-state index contributed by atoms with van der Waals surface area (Å²) in [5.41, 5.74) is 0. The van der Waals surface area contributed by atoms with Gasteiger partial charge in [0.25, 0.3) is 0 Å². The highest BCUT2D eigenvalue weighted by atomic mass is 16.4. The van der Waals surface area contributed by atoms with Crippen molar-refractivity contribution in [1.82, 2.24) is 5.32 Å². The quantitative estimate of drug-likeness (QED) is 0.570. The second-order valence-electron chi connectivity index (χ2n) is 4.97. The van der Waals surface area contributed by atoms with Crippen LogP contribution in [0.4, 0.5) is 0 Å². The Labute approximate surface area is 103 Å². The summed E-state index contributed by atoms with van der Waals surface area (Å²) in [4.78, 5) is 10.3. The van der Waals surface area contributed by atoms with Gasteiger partial charge >= 0.3 is 5.97 Å². The number of rotatable bonds is 8. The van der Waals surface area contributed by atoms with Gasteiger partial charge in [-0.15, -0.1) is 0 Å². The lowest BCUT2D eigenvalue weighted by Crippen LogP contribution is -2.42. The third-order valence-corrected chi connectivity index (χ3v) is 3.45. The molecule has 0 heterocycles. The fourth-order valence-corrected chi connectivity index (χ4v) is 2.39. The smallest absolute Gasteiger partial charge is 0.303 e. The number of hydrogen-bond acceptors (Lipinski definition) is 3. The molecule has 2 atom stereocenters. The van der Waals surface area contributed by atoms with E-state index in [0.717, 1.165) is 51.5 Å². The Morgan fingerprint density at radius 3 is 2.53 bits per heavy atom. The SMILES string of the molecule is O=C(O)CCCCCCNC1CCCCC1O. The molecule has 0 spiro atoms. The Kier molecular flexibility index (Phi) is 7.21. The molecule has 4 heteroatoms. The van der Waals surface area contributed by atoms with Crippen molar-refractivity contribution in [2.45, 2.75) is 69.9 Å². The van der Waals surface area contributed by atoms with Gasteiger partial charge in [-0.1, -0.05) is 25.7 Å². The molecular weight excluding hydrogens is 218 g/mol. The van der Waals surface area contributed by atoms with Gasteiger partial charge in [0.05, 0.1) is 6.10 Å². The summed E-state index contributed by atoms with van der Waals surface area (Å²) in [6.07, 6.45) is 8.40. The van der Waals surface area contributed by atoms with Crippen LogP contribution in [0.1, 0.15) is 57.8 Å². The van der Waals surface area contributed by atoms with Crippen LogP contribution in [0.5, 0.6) is 0 Å². The molecule has 0 aliphatic heterocycles. The molecule has 1 rings (SSSR count). The van der Waals surface area contributed by atoms with Crippen molar-refractivity contribution in [3.63, 3.8) is 0 Å². The number of carboxylic acid groups (broad SMARTS) is 1. The van der Waals surface area contributed by atoms with Crippen molar-refractivity contribution >= 4 is 5.97 Å². The fourth-order valence-electron chi connectivity index (χ4n) is 2.39. The van der Waals surface area contributed by atoms with E-state index in [2.05, 4.69) is 5.32 Å². The molecule has 0 aromatic rings. The van der Waals surface area contributed by atoms with Gasteiger partial charge in [-0.3, -0.25) is 4.79 Å². The van der Waals surface area contributed by atoms with E-state index in [4.69, 9.17) is 5.11 Å². The van der Waals surface area contributed by atoms with Crippen molar-refractivity contribution in [1.29, 1.82) is 0 Å². The number of nitrogens with one attached hydrogen (secondary N) is 1. The van der Waals surface area contributed by atoms with E-state index in [1.807, 2.05) is 0 Å². The lowest BCUT2D eigenvalue weighted by Gasteiger charge is -2.28. The van der Waals surface area contributed by atoms with Crippen LogP contribution in [-0.4, -0.2) is 34.9 Å². The Morgan fingerprint density at radius 1 is 1.12 bits per heavy atom. The van der Waals surface area contributed by atoms with E-state index in [-0.39, 0.29) is 18.6 Å². The maximum Gasteiger partial charge on any atom is 0.303 e. The Hall–Kier alpha value is -0.610. The Morgan fingerprint density at radius 2 is 1.82 bits per heavy atom. The number of hydrogen-bond donors (Lipinski definition) is 3. The molecule has 0 bridgehead atoms. The highest BCUT2D eigenvalue weighted by molar-refractivity contribution is 5.66. The number of unbranched alkanes of at least 4 members (excludes halogenated alkanes) is 3. The predicted molar refractivity (Wildman–Crippen MR) is 67.0 cm³/mol. The lowest BCUT2D eigenvalue weighted by molar-refractivity contribution is -0.137. The van der Waals surface area contributed by atoms with Crippen LogP contribution in [0.3, 0.4) is 0 Å². The van der Waals surface area contributed by atoms with E-state index < -0.39 is 5.97 Å². The summed E-state index contributed by atoms with van der Waals surface area (Å²) >= 11 is 0. The van der Waals surface area contributed by atoms with Crippen molar-refractivity contribution < 1.29 is 15.0 Å². The van der Waals surface area contributed by atoms with E-state index in [0.29, 0.717) is 0 Å². The third-order valence-electron chi connectivity index (χ3n) is 3.45. The normalized spacial score (nSPS) is 24.8. The Bertz CT molecular complexity index is 221. The first-order valence-corrected chi connectivity index (χ1v) is 6.83. The number of carbonyl (C=O) groups is 1. The molecule has 4 nitrogen and oxygen atoms in total. The molecule has 1 aliphatic carbocycles. The maximum atomic E-state index is 10.3. The zero-order chi connectivity index (χ0) is 12.5. The lowest BCUT2D eigenvalue weighted by atomic mass is 9.92. The molecular formula is C13H25NO3. The maximum absolute atomic E-state index is 10.3. The number of carboxylic acids is 1. The summed E-state index contributed by atoms with van der Waals surface area (Å²) in [5.74, 6) is -0.701. The molecule has 1 fully saturated rings. The molecule has 0 amide bonds. The van der Waals surface area contributed by atoms with Gasteiger partial charge < -0.3 is 15.5 Å². The van der Waals surface area contributed by atoms with E-state index in [1.54, 1.807) is 0 Å². The third kappa shape index (κ3) is 6.64. The molecule has 0 saturated heterocycles. The summed E-state index contributed by atoms with van der Waals surface area (Å²) in [7, 11) is 0. The van der Waals surface area contributed by atoms with E-state index in [1.165, 1.54) is 6.42 Å². The first-order chi connectivity index (χ1) is 8.20. The van der Waals surface area contributed by atoms with Gasteiger partial charge in [0.15, 0.2) is 0 Å². The fraction of sp³-hybridized carbons (Fsp3) is 0.923. The molecule has 0 aromatic carbocycles. The average Bonchev–Trinajstić information content (AvgIpc) is 2.30. The van der Waals surface area contributed by atoms with Crippen molar-refractivity contribution in [3.8, 4) is 0 Å². The standard InChI is InChI=1S/C13H25NO3/c15-12-8-5-4-7-11(12)14-10-6-2-1-3-9-13(16)17/h11-12,14-15H,1-10H2,(H,16,17). The molecule has 1 aliphatic rings. The molecule has 0 aromatic heterocycles. The van der Waals surface area contributed by atoms with Gasteiger partial charge in [0.2, 0.25) is 0 Å². The van der Waals surface area contributed by atoms with Crippen LogP contribution in [0, 0.1) is 0 Å². The van der Waals surface area contributed by atoms with Crippen LogP contribution >= 0.6 is 0 Å². The second kappa shape index (κ2) is 8.48. The minimum Gasteiger partial charge on any atom is -0.481 e. The minimum absolute atomic E-state index is 0.171. The van der Waals surface area contributed by atoms with Gasteiger partial charge in [0, 0.05) is 12.5 Å². The molecule has 3 N–H and O–H groups in total. The number of aliphatic hydroxyl groups is 1. The van der Waals surface area contributed by atoms with Crippen molar-refractivity contribution in [2.24, 2.45) is 0 Å². The molecule has 2 unspecified atom stereocenters. The molecule has 17 heavy (non-hydrogen) atoms. The van der Waals surface area contributed by atoms with Gasteiger partial charge in [-0.2, -0.15) is 0 Å². The summed E-state index contributed by atoms with van der Waals surface area (Å²) in [6.45, 7) is 0.939. The van der Waals surface area contributed by atoms with Gasteiger partial charge in [0.1, 0.15) is 0 Å². The largest absolute Gasteiger partial charge is 0.481 e. The second-order valence-corrected chi connectivity index (χ2v) is 4.97. The van der Waals surface area contributed by atoms with Crippen LogP contribution < -0.4 is 5.32 Å². The zero-order valence-corrected chi connectivity index (χ0v) is 10.5. The molecule has 0 radical (unpaired) electrons. The summed E-state index contributed by atoms with van der Waals surface area (Å²) < 4.78 is 0. The summed E-state index contributed by atoms with van der Waals surface area (Å²) in [5, 5.41) is 21.6. The van der Waals surface area contributed by atoms with E-state index >= 15 is 0 Å².